The lowest BCUT2D eigenvalue weighted by Crippen LogP contribution is -2.18. The zero-order valence-electron chi connectivity index (χ0n) is 14.9. The molecule has 0 aromatic heterocycles. The summed E-state index contributed by atoms with van der Waals surface area (Å²) in [5.41, 5.74) is 2.08. The number of fused-ring (bicyclic) bond motifs is 1. The smallest absolute Gasteiger partial charge is 0.295 e. The molecule has 138 valence electrons. The minimum Gasteiger partial charge on any atom is -0.495 e. The molecular weight excluding hydrogens is 348 g/mol. The van der Waals surface area contributed by atoms with Crippen molar-refractivity contribution in [2.24, 2.45) is 10.2 Å². The van der Waals surface area contributed by atoms with Gasteiger partial charge in [-0.1, -0.05) is 18.2 Å². The standard InChI is InChI=1S/C19H18N4O4/c1-11(24)20-12-7-8-17(27-2)16(9-12)21-18(25)10-15-13-5-3-4-6-14(13)19(26)23-22-15/h3-9,15H,10H2,1-2H3,(H,20,24)(H,21,25). The zero-order chi connectivity index (χ0) is 19.4. The van der Waals surface area contributed by atoms with Crippen molar-refractivity contribution in [2.75, 3.05) is 17.7 Å². The van der Waals surface area contributed by atoms with Crippen LogP contribution in [0.2, 0.25) is 0 Å². The maximum atomic E-state index is 12.5. The van der Waals surface area contributed by atoms with E-state index in [2.05, 4.69) is 20.9 Å². The molecular formula is C19H18N4O4. The van der Waals surface area contributed by atoms with Crippen LogP contribution in [0.15, 0.2) is 52.7 Å². The van der Waals surface area contributed by atoms with Gasteiger partial charge >= 0.3 is 0 Å². The Morgan fingerprint density at radius 1 is 1.15 bits per heavy atom. The van der Waals surface area contributed by atoms with E-state index in [0.717, 1.165) is 0 Å². The number of carbonyl (C=O) groups excluding carboxylic acids is 3. The van der Waals surface area contributed by atoms with Gasteiger partial charge in [0.1, 0.15) is 11.8 Å². The minimum absolute atomic E-state index is 0.0152. The van der Waals surface area contributed by atoms with Gasteiger partial charge in [0.05, 0.1) is 19.2 Å². The summed E-state index contributed by atoms with van der Waals surface area (Å²) in [4.78, 5) is 35.6. The van der Waals surface area contributed by atoms with Crippen molar-refractivity contribution >= 4 is 29.1 Å². The van der Waals surface area contributed by atoms with E-state index in [0.29, 0.717) is 28.3 Å². The van der Waals surface area contributed by atoms with Crippen LogP contribution >= 0.6 is 0 Å². The molecule has 0 spiro atoms. The van der Waals surface area contributed by atoms with Gasteiger partial charge in [0, 0.05) is 18.2 Å². The third kappa shape index (κ3) is 4.17. The van der Waals surface area contributed by atoms with Crippen molar-refractivity contribution in [2.45, 2.75) is 19.4 Å². The summed E-state index contributed by atoms with van der Waals surface area (Å²) in [7, 11) is 1.49. The predicted octanol–water partition coefficient (Wildman–Crippen LogP) is 3.33. The summed E-state index contributed by atoms with van der Waals surface area (Å²) >= 11 is 0. The largest absolute Gasteiger partial charge is 0.495 e. The summed E-state index contributed by atoms with van der Waals surface area (Å²) in [6, 6.07) is 11.4. The van der Waals surface area contributed by atoms with E-state index in [-0.39, 0.29) is 18.2 Å². The molecule has 0 radical (unpaired) electrons. The number of hydrogen-bond acceptors (Lipinski definition) is 5. The lowest BCUT2D eigenvalue weighted by molar-refractivity contribution is -0.116. The van der Waals surface area contributed by atoms with Crippen molar-refractivity contribution in [3.63, 3.8) is 0 Å². The van der Waals surface area contributed by atoms with Gasteiger partial charge in [-0.25, -0.2) is 0 Å². The molecule has 1 atom stereocenters. The first kappa shape index (κ1) is 18.2. The molecule has 2 aromatic carbocycles. The maximum Gasteiger partial charge on any atom is 0.295 e. The fourth-order valence-electron chi connectivity index (χ4n) is 2.83. The molecule has 0 aliphatic carbocycles. The fraction of sp³-hybridized carbons (Fsp3) is 0.211. The molecule has 1 heterocycles. The topological polar surface area (TPSA) is 109 Å². The lowest BCUT2D eigenvalue weighted by atomic mass is 9.97. The van der Waals surface area contributed by atoms with E-state index in [1.807, 2.05) is 0 Å². The summed E-state index contributed by atoms with van der Waals surface area (Å²) in [6.45, 7) is 1.40. The number of ether oxygens (including phenoxy) is 1. The third-order valence-corrected chi connectivity index (χ3v) is 4.01. The van der Waals surface area contributed by atoms with E-state index in [1.165, 1.54) is 14.0 Å². The summed E-state index contributed by atoms with van der Waals surface area (Å²) in [5.74, 6) is -0.493. The van der Waals surface area contributed by atoms with Gasteiger partial charge in [-0.3, -0.25) is 14.4 Å². The van der Waals surface area contributed by atoms with Crippen molar-refractivity contribution in [3.8, 4) is 5.75 Å². The average Bonchev–Trinajstić information content (AvgIpc) is 2.64. The second kappa shape index (κ2) is 7.77. The normalized spacial score (nSPS) is 15.0. The molecule has 1 aliphatic rings. The van der Waals surface area contributed by atoms with Crippen LogP contribution in [0, 0.1) is 0 Å². The van der Waals surface area contributed by atoms with E-state index < -0.39 is 11.9 Å². The monoisotopic (exact) mass is 366 g/mol. The molecule has 3 amide bonds. The van der Waals surface area contributed by atoms with Crippen molar-refractivity contribution in [3.05, 3.63) is 53.6 Å². The Hall–Kier alpha value is -3.55. The number of nitrogens with one attached hydrogen (secondary N) is 2. The van der Waals surface area contributed by atoms with Crippen LogP contribution in [-0.2, 0) is 9.59 Å². The average molecular weight is 366 g/mol. The number of benzene rings is 2. The highest BCUT2D eigenvalue weighted by atomic mass is 16.5. The van der Waals surface area contributed by atoms with Gasteiger partial charge in [-0.15, -0.1) is 5.11 Å². The first-order valence-corrected chi connectivity index (χ1v) is 8.27. The second-order valence-electron chi connectivity index (χ2n) is 5.97. The van der Waals surface area contributed by atoms with E-state index in [4.69, 9.17) is 4.74 Å². The molecule has 2 aromatic rings. The van der Waals surface area contributed by atoms with Gasteiger partial charge in [0.2, 0.25) is 11.8 Å². The van der Waals surface area contributed by atoms with Crippen LogP contribution in [0.5, 0.6) is 5.75 Å². The number of anilines is 2. The Morgan fingerprint density at radius 2 is 1.93 bits per heavy atom. The van der Waals surface area contributed by atoms with Gasteiger partial charge < -0.3 is 15.4 Å². The zero-order valence-corrected chi connectivity index (χ0v) is 14.9. The van der Waals surface area contributed by atoms with Crippen molar-refractivity contribution < 1.29 is 19.1 Å². The predicted molar refractivity (Wildman–Crippen MR) is 98.9 cm³/mol. The molecule has 0 bridgehead atoms. The molecule has 3 rings (SSSR count). The molecule has 0 fully saturated rings. The van der Waals surface area contributed by atoms with Crippen molar-refractivity contribution in [1.82, 2.24) is 0 Å². The highest BCUT2D eigenvalue weighted by Crippen LogP contribution is 2.32. The molecule has 1 unspecified atom stereocenters. The lowest BCUT2D eigenvalue weighted by Gasteiger charge is -2.18. The number of hydrogen-bond donors (Lipinski definition) is 2. The van der Waals surface area contributed by atoms with Crippen LogP contribution < -0.4 is 15.4 Å². The Morgan fingerprint density at radius 3 is 2.67 bits per heavy atom. The molecule has 8 heteroatoms. The number of carbonyl (C=O) groups is 3. The Bertz CT molecular complexity index is 939. The van der Waals surface area contributed by atoms with Crippen molar-refractivity contribution in [1.29, 1.82) is 0 Å². The molecule has 8 nitrogen and oxygen atoms in total. The van der Waals surface area contributed by atoms with Gasteiger partial charge in [-0.2, -0.15) is 5.11 Å². The second-order valence-corrected chi connectivity index (χ2v) is 5.97. The van der Waals surface area contributed by atoms with Gasteiger partial charge in [-0.05, 0) is 29.8 Å². The molecule has 2 N–H and O–H groups in total. The number of nitrogens with zero attached hydrogens (tertiary/aromatic N) is 2. The third-order valence-electron chi connectivity index (χ3n) is 4.01. The first-order valence-electron chi connectivity index (χ1n) is 8.27. The maximum absolute atomic E-state index is 12.5. The van der Waals surface area contributed by atoms with Gasteiger partial charge in [0.15, 0.2) is 0 Å². The van der Waals surface area contributed by atoms with Crippen LogP contribution in [0.4, 0.5) is 11.4 Å². The van der Waals surface area contributed by atoms with Gasteiger partial charge in [0.25, 0.3) is 5.91 Å². The summed E-state index contributed by atoms with van der Waals surface area (Å²) in [6.07, 6.45) is 0.0152. The van der Waals surface area contributed by atoms with Crippen LogP contribution in [0.1, 0.15) is 35.3 Å². The number of azo groups is 1. The SMILES string of the molecule is COc1ccc(NC(C)=O)cc1NC(=O)CC1N=NC(=O)c2ccccc21. The highest BCUT2D eigenvalue weighted by Gasteiger charge is 2.25. The summed E-state index contributed by atoms with van der Waals surface area (Å²) in [5, 5.41) is 13.0. The molecule has 27 heavy (non-hydrogen) atoms. The molecule has 0 saturated heterocycles. The minimum atomic E-state index is -0.538. The highest BCUT2D eigenvalue weighted by molar-refractivity contribution is 5.98. The first-order chi connectivity index (χ1) is 13.0. The Labute approximate surface area is 155 Å². The summed E-state index contributed by atoms with van der Waals surface area (Å²) < 4.78 is 5.25. The van der Waals surface area contributed by atoms with Crippen LogP contribution in [-0.4, -0.2) is 24.8 Å². The number of methoxy groups -OCH3 is 1. The molecule has 0 saturated carbocycles. The fourth-order valence-corrected chi connectivity index (χ4v) is 2.83. The Balaban J connectivity index is 1.77. The van der Waals surface area contributed by atoms with Crippen LogP contribution in [0.3, 0.4) is 0 Å². The Kier molecular flexibility index (Phi) is 5.25. The van der Waals surface area contributed by atoms with E-state index >= 15 is 0 Å². The molecule has 1 aliphatic heterocycles. The van der Waals surface area contributed by atoms with E-state index in [1.54, 1.807) is 42.5 Å². The number of rotatable bonds is 5. The van der Waals surface area contributed by atoms with E-state index in [9.17, 15) is 14.4 Å². The number of amides is 3. The quantitative estimate of drug-likeness (QED) is 0.846. The van der Waals surface area contributed by atoms with Crippen LogP contribution in [0.25, 0.3) is 0 Å².